The number of hydrogen-bond acceptors (Lipinski definition) is 5. The van der Waals surface area contributed by atoms with E-state index in [0.717, 1.165) is 10.4 Å². The van der Waals surface area contributed by atoms with Crippen molar-refractivity contribution in [3.8, 4) is 10.4 Å². The molecule has 0 aliphatic heterocycles. The molecule has 1 aromatic heterocycles. The predicted molar refractivity (Wildman–Crippen MR) is 109 cm³/mol. The highest BCUT2D eigenvalue weighted by Crippen LogP contribution is 2.34. The van der Waals surface area contributed by atoms with Crippen molar-refractivity contribution in [2.24, 2.45) is 0 Å². The van der Waals surface area contributed by atoms with Gasteiger partial charge in [0.25, 0.3) is 5.91 Å². The number of sulfone groups is 1. The monoisotopic (exact) mass is 398 g/mol. The Labute approximate surface area is 161 Å². The molecule has 2 aromatic carbocycles. The maximum Gasteiger partial charge on any atom is 0.255 e. The highest BCUT2D eigenvalue weighted by atomic mass is 32.2. The molecule has 0 spiro atoms. The molecule has 7 heteroatoms. The molecule has 0 radical (unpaired) electrons. The lowest BCUT2D eigenvalue weighted by atomic mass is 10.1. The van der Waals surface area contributed by atoms with Crippen LogP contribution in [0.5, 0.6) is 0 Å². The second kappa shape index (κ2) is 6.83. The summed E-state index contributed by atoms with van der Waals surface area (Å²) >= 11 is 1.61. The van der Waals surface area contributed by atoms with Gasteiger partial charge >= 0.3 is 0 Å². The first-order chi connectivity index (χ1) is 12.9. The topological polar surface area (TPSA) is 89.3 Å². The van der Waals surface area contributed by atoms with E-state index in [1.54, 1.807) is 17.4 Å². The normalized spacial score (nSPS) is 14.1. The summed E-state index contributed by atoms with van der Waals surface area (Å²) in [5.74, 6) is -0.333. The van der Waals surface area contributed by atoms with Gasteiger partial charge in [0.15, 0.2) is 9.84 Å². The van der Waals surface area contributed by atoms with E-state index in [0.29, 0.717) is 29.8 Å². The van der Waals surface area contributed by atoms with Gasteiger partial charge < -0.3 is 11.1 Å². The van der Waals surface area contributed by atoms with Crippen LogP contribution in [-0.2, 0) is 9.84 Å². The molecule has 4 rings (SSSR count). The number of amides is 1. The predicted octanol–water partition coefficient (Wildman–Crippen LogP) is 4.19. The van der Waals surface area contributed by atoms with Crippen LogP contribution in [0.3, 0.4) is 0 Å². The molecule has 1 amide bonds. The molecular weight excluding hydrogens is 380 g/mol. The Balaban J connectivity index is 1.55. The van der Waals surface area contributed by atoms with Gasteiger partial charge in [-0.25, -0.2) is 8.42 Å². The van der Waals surface area contributed by atoms with Crippen molar-refractivity contribution < 1.29 is 13.2 Å². The summed E-state index contributed by atoms with van der Waals surface area (Å²) in [6, 6.07) is 15.5. The van der Waals surface area contributed by atoms with Crippen molar-refractivity contribution >= 4 is 38.5 Å². The number of carbonyl (C=O) groups is 1. The zero-order valence-corrected chi connectivity index (χ0v) is 16.0. The van der Waals surface area contributed by atoms with E-state index in [1.807, 2.05) is 29.6 Å². The van der Waals surface area contributed by atoms with Gasteiger partial charge in [-0.2, -0.15) is 0 Å². The van der Waals surface area contributed by atoms with Crippen molar-refractivity contribution in [3.05, 3.63) is 65.5 Å². The van der Waals surface area contributed by atoms with E-state index in [9.17, 15) is 13.2 Å². The zero-order valence-electron chi connectivity index (χ0n) is 14.4. The third-order valence-corrected chi connectivity index (χ3v) is 7.71. The number of carbonyl (C=O) groups excluding carboxylic acids is 1. The van der Waals surface area contributed by atoms with E-state index in [1.165, 1.54) is 24.3 Å². The lowest BCUT2D eigenvalue weighted by molar-refractivity contribution is 0.102. The Kier molecular flexibility index (Phi) is 4.49. The Morgan fingerprint density at radius 2 is 1.81 bits per heavy atom. The number of thiophene rings is 1. The van der Waals surface area contributed by atoms with Crippen molar-refractivity contribution in [1.82, 2.24) is 0 Å². The number of nitrogens with one attached hydrogen (secondary N) is 1. The maximum atomic E-state index is 12.6. The lowest BCUT2D eigenvalue weighted by Gasteiger charge is -2.10. The van der Waals surface area contributed by atoms with Gasteiger partial charge in [0.2, 0.25) is 0 Å². The Hall–Kier alpha value is -2.64. The third kappa shape index (κ3) is 3.61. The molecule has 1 heterocycles. The average molecular weight is 399 g/mol. The molecule has 5 nitrogen and oxygen atoms in total. The van der Waals surface area contributed by atoms with Crippen molar-refractivity contribution in [1.29, 1.82) is 0 Å². The lowest BCUT2D eigenvalue weighted by Crippen LogP contribution is -2.14. The van der Waals surface area contributed by atoms with Crippen LogP contribution in [0.4, 0.5) is 11.4 Å². The molecule has 0 unspecified atom stereocenters. The number of anilines is 2. The molecule has 138 valence electrons. The Morgan fingerprint density at radius 3 is 2.44 bits per heavy atom. The van der Waals surface area contributed by atoms with E-state index < -0.39 is 9.84 Å². The summed E-state index contributed by atoms with van der Waals surface area (Å²) < 4.78 is 24.5. The quantitative estimate of drug-likeness (QED) is 0.631. The fourth-order valence-electron chi connectivity index (χ4n) is 2.82. The minimum absolute atomic E-state index is 0.265. The van der Waals surface area contributed by atoms with Gasteiger partial charge in [-0.3, -0.25) is 4.79 Å². The fourth-order valence-corrected chi connectivity index (χ4v) is 5.20. The molecule has 0 atom stereocenters. The van der Waals surface area contributed by atoms with Crippen molar-refractivity contribution in [3.63, 3.8) is 0 Å². The maximum absolute atomic E-state index is 12.6. The van der Waals surface area contributed by atoms with Crippen LogP contribution < -0.4 is 11.1 Å². The second-order valence-electron chi connectivity index (χ2n) is 6.50. The van der Waals surface area contributed by atoms with Crippen LogP contribution in [0, 0.1) is 0 Å². The smallest absolute Gasteiger partial charge is 0.255 e. The first-order valence-electron chi connectivity index (χ1n) is 8.54. The Morgan fingerprint density at radius 1 is 1.07 bits per heavy atom. The molecule has 1 aliphatic carbocycles. The standard InChI is InChI=1S/C20H18N2O3S2/c21-17-10-5-14(19-2-1-11-26-19)12-18(17)22-20(23)13-3-6-15(7-4-13)27(24,25)16-8-9-16/h1-7,10-12,16H,8-9,21H2,(H,22,23). The molecule has 1 fully saturated rings. The SMILES string of the molecule is Nc1ccc(-c2cccs2)cc1NC(=O)c1ccc(S(=O)(=O)C2CC2)cc1. The van der Waals surface area contributed by atoms with Crippen LogP contribution >= 0.6 is 11.3 Å². The van der Waals surface area contributed by atoms with E-state index >= 15 is 0 Å². The summed E-state index contributed by atoms with van der Waals surface area (Å²) in [5, 5.41) is 4.53. The molecule has 3 N–H and O–H groups in total. The minimum Gasteiger partial charge on any atom is -0.397 e. The fraction of sp³-hybridized carbons (Fsp3) is 0.150. The van der Waals surface area contributed by atoms with Gasteiger partial charge in [0.1, 0.15) is 0 Å². The van der Waals surface area contributed by atoms with Gasteiger partial charge in [0.05, 0.1) is 21.5 Å². The first kappa shape index (κ1) is 17.8. The van der Waals surface area contributed by atoms with Gasteiger partial charge in [-0.05, 0) is 66.2 Å². The average Bonchev–Trinajstić information content (AvgIpc) is 3.40. The number of nitrogen functional groups attached to an aromatic ring is 1. The van der Waals surface area contributed by atoms with Crippen LogP contribution in [0.2, 0.25) is 0 Å². The molecule has 3 aromatic rings. The first-order valence-corrected chi connectivity index (χ1v) is 11.0. The van der Waals surface area contributed by atoms with Gasteiger partial charge in [0, 0.05) is 10.4 Å². The number of benzene rings is 2. The number of rotatable bonds is 5. The van der Waals surface area contributed by atoms with E-state index in [2.05, 4.69) is 5.32 Å². The molecule has 1 saturated carbocycles. The molecule has 1 aliphatic rings. The van der Waals surface area contributed by atoms with Crippen LogP contribution in [0.25, 0.3) is 10.4 Å². The summed E-state index contributed by atoms with van der Waals surface area (Å²) in [6.45, 7) is 0. The minimum atomic E-state index is -3.26. The van der Waals surface area contributed by atoms with E-state index in [4.69, 9.17) is 5.73 Å². The Bertz CT molecular complexity index is 1080. The zero-order chi connectivity index (χ0) is 19.0. The van der Waals surface area contributed by atoms with Crippen molar-refractivity contribution in [2.75, 3.05) is 11.1 Å². The third-order valence-electron chi connectivity index (χ3n) is 4.52. The summed E-state index contributed by atoms with van der Waals surface area (Å²) in [4.78, 5) is 13.9. The molecule has 27 heavy (non-hydrogen) atoms. The van der Waals surface area contributed by atoms with Crippen molar-refractivity contribution in [2.45, 2.75) is 23.0 Å². The second-order valence-corrected chi connectivity index (χ2v) is 9.68. The number of nitrogens with two attached hydrogens (primary N) is 1. The highest BCUT2D eigenvalue weighted by Gasteiger charge is 2.36. The summed E-state index contributed by atoms with van der Waals surface area (Å²) in [5.41, 5.74) is 8.35. The van der Waals surface area contributed by atoms with E-state index in [-0.39, 0.29) is 16.1 Å². The van der Waals surface area contributed by atoms with Crippen LogP contribution in [0.15, 0.2) is 64.9 Å². The summed E-state index contributed by atoms with van der Waals surface area (Å²) in [6.07, 6.45) is 1.43. The summed E-state index contributed by atoms with van der Waals surface area (Å²) in [7, 11) is -3.26. The molecular formula is C20H18N2O3S2. The molecule has 0 saturated heterocycles. The van der Waals surface area contributed by atoms with Gasteiger partial charge in [-0.15, -0.1) is 11.3 Å². The largest absolute Gasteiger partial charge is 0.397 e. The number of hydrogen-bond donors (Lipinski definition) is 2. The van der Waals surface area contributed by atoms with Crippen LogP contribution in [-0.4, -0.2) is 19.6 Å². The highest BCUT2D eigenvalue weighted by molar-refractivity contribution is 7.92. The molecule has 0 bridgehead atoms. The van der Waals surface area contributed by atoms with Crippen LogP contribution in [0.1, 0.15) is 23.2 Å². The van der Waals surface area contributed by atoms with Gasteiger partial charge in [-0.1, -0.05) is 12.1 Å².